The Labute approximate surface area is 183 Å². The number of carbonyl (C=O) groups is 1. The zero-order valence-electron chi connectivity index (χ0n) is 17.2. The first-order valence-electron chi connectivity index (χ1n) is 9.43. The number of halogens is 1. The number of hydrogen-bond donors (Lipinski definition) is 2. The second-order valence-corrected chi connectivity index (χ2v) is 6.34. The number of nitro groups is 1. The van der Waals surface area contributed by atoms with Gasteiger partial charge in [-0.15, -0.1) is 0 Å². The van der Waals surface area contributed by atoms with Gasteiger partial charge in [0.2, 0.25) is 5.75 Å². The van der Waals surface area contributed by atoms with Crippen molar-refractivity contribution in [3.63, 3.8) is 0 Å². The van der Waals surface area contributed by atoms with E-state index in [1.165, 1.54) is 12.1 Å². The summed E-state index contributed by atoms with van der Waals surface area (Å²) in [6.07, 6.45) is 0. The molecule has 0 heterocycles. The van der Waals surface area contributed by atoms with E-state index in [0.29, 0.717) is 37.1 Å². The number of nitrogens with zero attached hydrogens (tertiary/aromatic N) is 1. The van der Waals surface area contributed by atoms with Gasteiger partial charge in [0.05, 0.1) is 30.4 Å². The molecule has 0 radical (unpaired) electrons. The lowest BCUT2D eigenvalue weighted by Gasteiger charge is -2.17. The Bertz CT molecular complexity index is 958. The molecule has 0 unspecified atom stereocenters. The lowest BCUT2D eigenvalue weighted by Crippen LogP contribution is -2.34. The van der Waals surface area contributed by atoms with Crippen LogP contribution >= 0.6 is 12.2 Å². The van der Waals surface area contributed by atoms with Gasteiger partial charge in [-0.1, -0.05) is 0 Å². The van der Waals surface area contributed by atoms with Gasteiger partial charge in [0, 0.05) is 17.7 Å². The molecule has 0 spiro atoms. The van der Waals surface area contributed by atoms with E-state index in [4.69, 9.17) is 26.4 Å². The van der Waals surface area contributed by atoms with Crippen LogP contribution in [0.4, 0.5) is 15.8 Å². The highest BCUT2D eigenvalue weighted by Crippen LogP contribution is 2.39. The fourth-order valence-electron chi connectivity index (χ4n) is 2.57. The van der Waals surface area contributed by atoms with Gasteiger partial charge in [-0.25, -0.2) is 4.39 Å². The molecule has 0 aromatic heterocycles. The average molecular weight is 451 g/mol. The number of carbonyl (C=O) groups excluding carboxylic acids is 1. The third kappa shape index (κ3) is 6.25. The summed E-state index contributed by atoms with van der Waals surface area (Å²) in [5.74, 6) is -0.357. The summed E-state index contributed by atoms with van der Waals surface area (Å²) >= 11 is 5.05. The first-order valence-corrected chi connectivity index (χ1v) is 9.84. The molecule has 0 atom stereocenters. The molecular formula is C20H22FN3O6S. The zero-order chi connectivity index (χ0) is 23.0. The second kappa shape index (κ2) is 11.1. The number of thiocarbonyl (C=S) groups is 1. The van der Waals surface area contributed by atoms with Crippen molar-refractivity contribution in [3.05, 3.63) is 51.8 Å². The fraction of sp³-hybridized carbons (Fsp3) is 0.300. The molecule has 0 aliphatic rings. The van der Waals surface area contributed by atoms with E-state index in [0.717, 1.165) is 18.2 Å². The van der Waals surface area contributed by atoms with E-state index in [2.05, 4.69) is 10.6 Å². The van der Waals surface area contributed by atoms with Crippen molar-refractivity contribution < 1.29 is 28.3 Å². The van der Waals surface area contributed by atoms with Crippen LogP contribution in [-0.4, -0.2) is 35.8 Å². The summed E-state index contributed by atoms with van der Waals surface area (Å²) in [4.78, 5) is 22.9. The van der Waals surface area contributed by atoms with Crippen LogP contribution < -0.4 is 24.8 Å². The van der Waals surface area contributed by atoms with Crippen LogP contribution in [0.2, 0.25) is 0 Å². The van der Waals surface area contributed by atoms with Gasteiger partial charge < -0.3 is 19.5 Å². The van der Waals surface area contributed by atoms with Crippen LogP contribution in [0.15, 0.2) is 30.3 Å². The summed E-state index contributed by atoms with van der Waals surface area (Å²) < 4.78 is 30.7. The number of benzene rings is 2. The van der Waals surface area contributed by atoms with E-state index < -0.39 is 16.6 Å². The van der Waals surface area contributed by atoms with Crippen LogP contribution in [0.5, 0.6) is 17.2 Å². The third-order valence-corrected chi connectivity index (χ3v) is 4.01. The zero-order valence-corrected chi connectivity index (χ0v) is 18.0. The highest BCUT2D eigenvalue weighted by atomic mass is 32.1. The Balaban J connectivity index is 2.25. The van der Waals surface area contributed by atoms with Crippen LogP contribution in [0.1, 0.15) is 31.1 Å². The number of anilines is 1. The summed E-state index contributed by atoms with van der Waals surface area (Å²) in [5, 5.41) is 15.5. The lowest BCUT2D eigenvalue weighted by atomic mass is 10.1. The minimum Gasteiger partial charge on any atom is -0.490 e. The summed E-state index contributed by atoms with van der Waals surface area (Å²) in [5.41, 5.74) is -0.400. The molecule has 11 heteroatoms. The SMILES string of the molecule is CCOc1cc(C(=O)NC(=S)Nc2cc([N+](=O)[O-])ccc2F)cc(OCC)c1OCC. The Kier molecular flexibility index (Phi) is 8.50. The Morgan fingerprint density at radius 1 is 1.06 bits per heavy atom. The quantitative estimate of drug-likeness (QED) is 0.334. The molecule has 166 valence electrons. The van der Waals surface area contributed by atoms with Crippen molar-refractivity contribution in [2.75, 3.05) is 25.1 Å². The predicted octanol–water partition coefficient (Wildman–Crippen LogP) is 4.06. The maximum Gasteiger partial charge on any atom is 0.271 e. The second-order valence-electron chi connectivity index (χ2n) is 5.93. The molecule has 0 saturated carbocycles. The molecule has 2 rings (SSSR count). The molecule has 31 heavy (non-hydrogen) atoms. The first-order chi connectivity index (χ1) is 14.8. The largest absolute Gasteiger partial charge is 0.490 e. The van der Waals surface area contributed by atoms with Gasteiger partial charge in [-0.3, -0.25) is 20.2 Å². The minimum atomic E-state index is -0.763. The van der Waals surface area contributed by atoms with Gasteiger partial charge in [0.25, 0.3) is 11.6 Å². The predicted molar refractivity (Wildman–Crippen MR) is 117 cm³/mol. The van der Waals surface area contributed by atoms with Crippen molar-refractivity contribution in [2.24, 2.45) is 0 Å². The number of nitrogens with one attached hydrogen (secondary N) is 2. The van der Waals surface area contributed by atoms with Crippen molar-refractivity contribution in [2.45, 2.75) is 20.8 Å². The van der Waals surface area contributed by atoms with E-state index in [1.807, 2.05) is 6.92 Å². The number of hydrogen-bond acceptors (Lipinski definition) is 7. The molecule has 0 fully saturated rings. The molecule has 2 N–H and O–H groups in total. The van der Waals surface area contributed by atoms with E-state index in [9.17, 15) is 19.3 Å². The number of amides is 1. The van der Waals surface area contributed by atoms with Crippen LogP contribution in [0.25, 0.3) is 0 Å². The highest BCUT2D eigenvalue weighted by Gasteiger charge is 2.19. The number of ether oxygens (including phenoxy) is 3. The third-order valence-electron chi connectivity index (χ3n) is 3.81. The maximum atomic E-state index is 13.9. The van der Waals surface area contributed by atoms with Crippen LogP contribution in [0, 0.1) is 15.9 Å². The van der Waals surface area contributed by atoms with Gasteiger partial charge in [0.1, 0.15) is 5.82 Å². The molecule has 2 aromatic carbocycles. The van der Waals surface area contributed by atoms with E-state index in [-0.39, 0.29) is 22.1 Å². The molecule has 9 nitrogen and oxygen atoms in total. The summed E-state index contributed by atoms with van der Waals surface area (Å²) in [6.45, 7) is 6.42. The van der Waals surface area contributed by atoms with Crippen molar-refractivity contribution in [3.8, 4) is 17.2 Å². The van der Waals surface area contributed by atoms with Crippen LogP contribution in [0.3, 0.4) is 0 Å². The van der Waals surface area contributed by atoms with Crippen molar-refractivity contribution in [1.82, 2.24) is 5.32 Å². The monoisotopic (exact) mass is 451 g/mol. The molecule has 0 aliphatic carbocycles. The normalized spacial score (nSPS) is 10.2. The lowest BCUT2D eigenvalue weighted by molar-refractivity contribution is -0.384. The van der Waals surface area contributed by atoms with Gasteiger partial charge in [0.15, 0.2) is 16.6 Å². The summed E-state index contributed by atoms with van der Waals surface area (Å²) in [7, 11) is 0. The first kappa shape index (κ1) is 23.8. The smallest absolute Gasteiger partial charge is 0.271 e. The number of rotatable bonds is 9. The molecule has 2 aromatic rings. The molecule has 0 aliphatic heterocycles. The Morgan fingerprint density at radius 2 is 1.65 bits per heavy atom. The molecular weight excluding hydrogens is 429 g/mol. The van der Waals surface area contributed by atoms with Gasteiger partial charge in [-0.05, 0) is 51.2 Å². The fourth-order valence-corrected chi connectivity index (χ4v) is 2.77. The van der Waals surface area contributed by atoms with Gasteiger partial charge >= 0.3 is 0 Å². The number of non-ortho nitro benzene ring substituents is 1. The average Bonchev–Trinajstić information content (AvgIpc) is 2.71. The molecule has 0 saturated heterocycles. The minimum absolute atomic E-state index is 0.166. The van der Waals surface area contributed by atoms with E-state index in [1.54, 1.807) is 13.8 Å². The standard InChI is InChI=1S/C20H22FN3O6S/c1-4-28-16-9-12(10-17(29-5-2)18(16)30-6-3)19(25)23-20(31)22-15-11-13(24(26)27)7-8-14(15)21/h7-11H,4-6H2,1-3H3,(H2,22,23,25,31). The summed E-state index contributed by atoms with van der Waals surface area (Å²) in [6, 6.07) is 5.88. The topological polar surface area (TPSA) is 112 Å². The molecule has 1 amide bonds. The van der Waals surface area contributed by atoms with Crippen LogP contribution in [-0.2, 0) is 0 Å². The Hall–Kier alpha value is -3.47. The van der Waals surface area contributed by atoms with Crippen molar-refractivity contribution >= 4 is 34.6 Å². The Morgan fingerprint density at radius 3 is 2.16 bits per heavy atom. The maximum absolute atomic E-state index is 13.9. The molecule has 0 bridgehead atoms. The van der Waals surface area contributed by atoms with Crippen molar-refractivity contribution in [1.29, 1.82) is 0 Å². The van der Waals surface area contributed by atoms with Gasteiger partial charge in [-0.2, -0.15) is 0 Å². The highest BCUT2D eigenvalue weighted by molar-refractivity contribution is 7.80. The number of nitro benzene ring substituents is 1. The van der Waals surface area contributed by atoms with E-state index >= 15 is 0 Å².